The van der Waals surface area contributed by atoms with Crippen LogP contribution in [0.2, 0.25) is 0 Å². The number of rotatable bonds is 4. The van der Waals surface area contributed by atoms with Crippen LogP contribution in [0, 0.1) is 0 Å². The van der Waals surface area contributed by atoms with E-state index in [1.54, 1.807) is 19.3 Å². The second-order valence-electron chi connectivity index (χ2n) is 2.71. The first-order valence-corrected chi connectivity index (χ1v) is 5.69. The molecule has 0 saturated heterocycles. The first kappa shape index (κ1) is 11.2. The Balaban J connectivity index is 2.68. The number of allylic oxidation sites excluding steroid dienone is 1. The molecule has 0 saturated carbocycles. The highest BCUT2D eigenvalue weighted by molar-refractivity contribution is 14.1. The monoisotopic (exact) mass is 302 g/mol. The average Bonchev–Trinajstić information content (AvgIpc) is 2.26. The molecule has 1 aromatic carbocycles. The van der Waals surface area contributed by atoms with Gasteiger partial charge < -0.3 is 4.74 Å². The first-order chi connectivity index (χ1) is 6.76. The van der Waals surface area contributed by atoms with Gasteiger partial charge in [-0.2, -0.15) is 0 Å². The summed E-state index contributed by atoms with van der Waals surface area (Å²) in [7, 11) is 1.63. The van der Waals surface area contributed by atoms with Crippen LogP contribution in [0.3, 0.4) is 0 Å². The first-order valence-electron chi connectivity index (χ1n) is 4.17. The van der Waals surface area contributed by atoms with Crippen LogP contribution in [0.4, 0.5) is 0 Å². The van der Waals surface area contributed by atoms with E-state index in [1.165, 1.54) is 0 Å². The van der Waals surface area contributed by atoms with Crippen molar-refractivity contribution in [3.63, 3.8) is 0 Å². The number of carbonyl (C=O) groups is 1. The van der Waals surface area contributed by atoms with Gasteiger partial charge >= 0.3 is 0 Å². The molecule has 0 aliphatic heterocycles. The van der Waals surface area contributed by atoms with Crippen molar-refractivity contribution >= 4 is 34.5 Å². The molecule has 0 unspecified atom stereocenters. The van der Waals surface area contributed by atoms with Gasteiger partial charge in [-0.1, -0.05) is 40.8 Å². The van der Waals surface area contributed by atoms with E-state index in [0.29, 0.717) is 4.43 Å². The van der Waals surface area contributed by atoms with Crippen molar-refractivity contribution in [3.05, 3.63) is 35.9 Å². The second kappa shape index (κ2) is 5.80. The number of benzene rings is 1. The molecule has 0 fully saturated rings. The van der Waals surface area contributed by atoms with Crippen molar-refractivity contribution in [2.24, 2.45) is 0 Å². The molecular formula is C11H11IO2. The molecular weight excluding hydrogens is 291 g/mol. The number of hydrogen-bond donors (Lipinski definition) is 0. The van der Waals surface area contributed by atoms with Crippen LogP contribution in [0.15, 0.2) is 30.3 Å². The molecule has 0 radical (unpaired) electrons. The molecule has 0 aliphatic rings. The van der Waals surface area contributed by atoms with E-state index in [4.69, 9.17) is 4.74 Å². The van der Waals surface area contributed by atoms with Gasteiger partial charge in [0.25, 0.3) is 0 Å². The molecule has 0 N–H and O–H groups in total. The molecule has 0 spiro atoms. The van der Waals surface area contributed by atoms with Gasteiger partial charge in [0.05, 0.1) is 11.5 Å². The predicted octanol–water partition coefficient (Wildman–Crippen LogP) is 2.71. The third-order valence-electron chi connectivity index (χ3n) is 1.71. The van der Waals surface area contributed by atoms with Crippen LogP contribution in [0.5, 0.6) is 5.75 Å². The normalized spacial score (nSPS) is 10.4. The highest BCUT2D eigenvalue weighted by Crippen LogP contribution is 2.12. The summed E-state index contributed by atoms with van der Waals surface area (Å²) in [5, 5.41) is 0. The number of hydrogen-bond acceptors (Lipinski definition) is 2. The number of carbonyl (C=O) groups excluding carboxylic acids is 1. The third-order valence-corrected chi connectivity index (χ3v) is 2.46. The van der Waals surface area contributed by atoms with Gasteiger partial charge in [-0.15, -0.1) is 0 Å². The van der Waals surface area contributed by atoms with Gasteiger partial charge in [0.2, 0.25) is 0 Å². The Morgan fingerprint density at radius 3 is 2.57 bits per heavy atom. The Kier molecular flexibility index (Phi) is 4.65. The SMILES string of the molecule is COc1ccc(/C=C/C(=O)CI)cc1. The zero-order valence-electron chi connectivity index (χ0n) is 7.87. The Morgan fingerprint density at radius 2 is 2.07 bits per heavy atom. The Bertz CT molecular complexity index is 328. The minimum Gasteiger partial charge on any atom is -0.497 e. The zero-order valence-corrected chi connectivity index (χ0v) is 10.0. The van der Waals surface area contributed by atoms with Crippen molar-refractivity contribution in [2.45, 2.75) is 0 Å². The molecule has 0 bridgehead atoms. The van der Waals surface area contributed by atoms with Gasteiger partial charge in [-0.05, 0) is 23.8 Å². The molecule has 0 aliphatic carbocycles. The van der Waals surface area contributed by atoms with E-state index in [-0.39, 0.29) is 5.78 Å². The number of halogens is 1. The van der Waals surface area contributed by atoms with Crippen LogP contribution < -0.4 is 4.74 Å². The van der Waals surface area contributed by atoms with Crippen molar-refractivity contribution in [2.75, 3.05) is 11.5 Å². The molecule has 2 nitrogen and oxygen atoms in total. The molecule has 1 aromatic rings. The summed E-state index contributed by atoms with van der Waals surface area (Å²) in [4.78, 5) is 11.0. The third kappa shape index (κ3) is 3.49. The van der Waals surface area contributed by atoms with Crippen molar-refractivity contribution in [1.29, 1.82) is 0 Å². The van der Waals surface area contributed by atoms with Crippen LogP contribution in [-0.2, 0) is 4.79 Å². The zero-order chi connectivity index (χ0) is 10.4. The van der Waals surface area contributed by atoms with Crippen LogP contribution >= 0.6 is 22.6 Å². The summed E-state index contributed by atoms with van der Waals surface area (Å²) in [6.07, 6.45) is 3.40. The van der Waals surface area contributed by atoms with Gasteiger partial charge in [0.15, 0.2) is 5.78 Å². The lowest BCUT2D eigenvalue weighted by Gasteiger charge is -1.98. The highest BCUT2D eigenvalue weighted by atomic mass is 127. The molecule has 3 heteroatoms. The molecule has 1 rings (SSSR count). The minimum absolute atomic E-state index is 0.126. The maximum atomic E-state index is 11.0. The van der Waals surface area contributed by atoms with Gasteiger partial charge in [0.1, 0.15) is 5.75 Å². The number of methoxy groups -OCH3 is 1. The van der Waals surface area contributed by atoms with Gasteiger partial charge in [0, 0.05) is 0 Å². The average molecular weight is 302 g/mol. The molecule has 14 heavy (non-hydrogen) atoms. The quantitative estimate of drug-likeness (QED) is 0.485. The molecule has 0 heterocycles. The van der Waals surface area contributed by atoms with Crippen molar-refractivity contribution in [3.8, 4) is 5.75 Å². The van der Waals surface area contributed by atoms with Crippen LogP contribution in [0.25, 0.3) is 6.08 Å². The fourth-order valence-electron chi connectivity index (χ4n) is 0.949. The number of ketones is 1. The van der Waals surface area contributed by atoms with E-state index in [1.807, 2.05) is 46.9 Å². The summed E-state index contributed by atoms with van der Waals surface area (Å²) in [5.41, 5.74) is 1.00. The van der Waals surface area contributed by atoms with Crippen LogP contribution in [0.1, 0.15) is 5.56 Å². The summed E-state index contributed by atoms with van der Waals surface area (Å²) in [6, 6.07) is 7.56. The fourth-order valence-corrected chi connectivity index (χ4v) is 1.20. The van der Waals surface area contributed by atoms with E-state index >= 15 is 0 Å². The minimum atomic E-state index is 0.126. The fraction of sp³-hybridized carbons (Fsp3) is 0.182. The molecule has 0 aromatic heterocycles. The van der Waals surface area contributed by atoms with E-state index in [2.05, 4.69) is 0 Å². The number of alkyl halides is 1. The second-order valence-corrected chi connectivity index (χ2v) is 3.47. The number of ether oxygens (including phenoxy) is 1. The lowest BCUT2D eigenvalue weighted by molar-refractivity contribution is -0.112. The maximum Gasteiger partial charge on any atom is 0.165 e. The Hall–Kier alpha value is -0.840. The largest absolute Gasteiger partial charge is 0.497 e. The summed E-state index contributed by atoms with van der Waals surface area (Å²) in [6.45, 7) is 0. The standard InChI is InChI=1S/C11H11IO2/c1-14-11-6-3-9(4-7-11)2-5-10(13)8-12/h2-7H,8H2,1H3/b5-2+. The smallest absolute Gasteiger partial charge is 0.165 e. The molecule has 0 amide bonds. The van der Waals surface area contributed by atoms with Crippen LogP contribution in [-0.4, -0.2) is 17.3 Å². The van der Waals surface area contributed by atoms with E-state index in [9.17, 15) is 4.79 Å². The lowest BCUT2D eigenvalue weighted by Crippen LogP contribution is -1.91. The van der Waals surface area contributed by atoms with Gasteiger partial charge in [-0.25, -0.2) is 0 Å². The van der Waals surface area contributed by atoms with Gasteiger partial charge in [-0.3, -0.25) is 4.79 Å². The van der Waals surface area contributed by atoms with E-state index in [0.717, 1.165) is 11.3 Å². The Labute approximate surface area is 97.1 Å². The molecule has 0 atom stereocenters. The Morgan fingerprint density at radius 1 is 1.43 bits per heavy atom. The summed E-state index contributed by atoms with van der Waals surface area (Å²) < 4.78 is 5.54. The maximum absolute atomic E-state index is 11.0. The van der Waals surface area contributed by atoms with Crippen molar-refractivity contribution < 1.29 is 9.53 Å². The predicted molar refractivity (Wildman–Crippen MR) is 65.9 cm³/mol. The molecule has 74 valence electrons. The lowest BCUT2D eigenvalue weighted by atomic mass is 10.2. The van der Waals surface area contributed by atoms with E-state index < -0.39 is 0 Å². The summed E-state index contributed by atoms with van der Waals surface area (Å²) >= 11 is 2.05. The van der Waals surface area contributed by atoms with Crippen molar-refractivity contribution in [1.82, 2.24) is 0 Å². The highest BCUT2D eigenvalue weighted by Gasteiger charge is 1.92. The summed E-state index contributed by atoms with van der Waals surface area (Å²) in [5.74, 6) is 0.948. The topological polar surface area (TPSA) is 26.3 Å².